The molecule has 1 saturated carbocycles. The van der Waals surface area contributed by atoms with E-state index in [0.717, 1.165) is 57.3 Å². The molecular weight excluding hydrogens is 321 g/mol. The van der Waals surface area contributed by atoms with E-state index in [0.29, 0.717) is 11.6 Å². The van der Waals surface area contributed by atoms with Gasteiger partial charge in [0.15, 0.2) is 0 Å². The molecule has 5 nitrogen and oxygen atoms in total. The molecule has 1 aromatic carbocycles. The summed E-state index contributed by atoms with van der Waals surface area (Å²) in [6, 6.07) is 4.43. The summed E-state index contributed by atoms with van der Waals surface area (Å²) < 4.78 is 13.7. The smallest absolute Gasteiger partial charge is 0.319 e. The topological polar surface area (TPSA) is 64.6 Å². The molecule has 1 aromatic rings. The van der Waals surface area contributed by atoms with Gasteiger partial charge in [0, 0.05) is 25.7 Å². The van der Waals surface area contributed by atoms with Crippen LogP contribution in [0.3, 0.4) is 0 Å². The molecule has 3 N–H and O–H groups in total. The zero-order chi connectivity index (χ0) is 17.6. The summed E-state index contributed by atoms with van der Waals surface area (Å²) in [5, 5.41) is 15.0. The van der Waals surface area contributed by atoms with Gasteiger partial charge in [0.25, 0.3) is 0 Å². The summed E-state index contributed by atoms with van der Waals surface area (Å²) in [7, 11) is 0. The van der Waals surface area contributed by atoms with Gasteiger partial charge in [-0.2, -0.15) is 0 Å². The molecule has 2 amide bonds. The van der Waals surface area contributed by atoms with E-state index in [2.05, 4.69) is 15.5 Å². The fourth-order valence-corrected chi connectivity index (χ4v) is 3.85. The SMILES string of the molecule is O=C(Nc1cc(F)ccc1N1CCCCC1)NC1CCC(CO)CC1. The highest BCUT2D eigenvalue weighted by molar-refractivity contribution is 5.93. The van der Waals surface area contributed by atoms with Crippen LogP contribution in [0.1, 0.15) is 44.9 Å². The van der Waals surface area contributed by atoms with Crippen LogP contribution < -0.4 is 15.5 Å². The maximum Gasteiger partial charge on any atom is 0.319 e. The lowest BCUT2D eigenvalue weighted by atomic mass is 9.87. The van der Waals surface area contributed by atoms with E-state index in [4.69, 9.17) is 0 Å². The van der Waals surface area contributed by atoms with Crippen molar-refractivity contribution in [2.75, 3.05) is 29.9 Å². The standard InChI is InChI=1S/C19H28FN3O2/c20-15-6-9-18(23-10-2-1-3-11-23)17(12-15)22-19(25)21-16-7-4-14(13-24)5-8-16/h6,9,12,14,16,24H,1-5,7-8,10-11,13H2,(H2,21,22,25). The Morgan fingerprint density at radius 3 is 2.56 bits per heavy atom. The Morgan fingerprint density at radius 2 is 1.88 bits per heavy atom. The molecule has 0 spiro atoms. The number of anilines is 2. The Kier molecular flexibility index (Phi) is 6.13. The van der Waals surface area contributed by atoms with E-state index in [1.54, 1.807) is 6.07 Å². The van der Waals surface area contributed by atoms with Gasteiger partial charge in [-0.05, 0) is 69.1 Å². The normalized spacial score (nSPS) is 24.0. The molecule has 0 unspecified atom stereocenters. The van der Waals surface area contributed by atoms with Crippen LogP contribution in [0.5, 0.6) is 0 Å². The van der Waals surface area contributed by atoms with Gasteiger partial charge in [0.05, 0.1) is 11.4 Å². The molecule has 1 aliphatic heterocycles. The maximum absolute atomic E-state index is 13.7. The minimum Gasteiger partial charge on any atom is -0.396 e. The van der Waals surface area contributed by atoms with E-state index in [9.17, 15) is 14.3 Å². The minimum absolute atomic E-state index is 0.120. The van der Waals surface area contributed by atoms with Crippen molar-refractivity contribution in [1.82, 2.24) is 5.32 Å². The number of nitrogens with zero attached hydrogens (tertiary/aromatic N) is 1. The lowest BCUT2D eigenvalue weighted by Crippen LogP contribution is -2.41. The van der Waals surface area contributed by atoms with E-state index in [1.165, 1.54) is 18.6 Å². The van der Waals surface area contributed by atoms with Gasteiger partial charge in [-0.1, -0.05) is 0 Å². The second kappa shape index (κ2) is 8.52. The number of benzene rings is 1. The van der Waals surface area contributed by atoms with Crippen molar-refractivity contribution in [3.05, 3.63) is 24.0 Å². The number of amides is 2. The molecule has 25 heavy (non-hydrogen) atoms. The number of piperidine rings is 1. The predicted octanol–water partition coefficient (Wildman–Crippen LogP) is 3.49. The number of hydrogen-bond acceptors (Lipinski definition) is 3. The van der Waals surface area contributed by atoms with Gasteiger partial charge < -0.3 is 20.6 Å². The molecule has 0 atom stereocenters. The number of aliphatic hydroxyl groups is 1. The molecule has 6 heteroatoms. The molecule has 138 valence electrons. The molecule has 1 saturated heterocycles. The number of hydrogen-bond donors (Lipinski definition) is 3. The van der Waals surface area contributed by atoms with Gasteiger partial charge in [-0.3, -0.25) is 0 Å². The third-order valence-corrected chi connectivity index (χ3v) is 5.34. The van der Waals surface area contributed by atoms with Crippen molar-refractivity contribution in [3.8, 4) is 0 Å². The second-order valence-electron chi connectivity index (χ2n) is 7.21. The van der Waals surface area contributed by atoms with Crippen molar-refractivity contribution >= 4 is 17.4 Å². The Balaban J connectivity index is 1.61. The fourth-order valence-electron chi connectivity index (χ4n) is 3.85. The first-order valence-electron chi connectivity index (χ1n) is 9.38. The molecule has 0 aromatic heterocycles. The van der Waals surface area contributed by atoms with Crippen LogP contribution in [0.2, 0.25) is 0 Å². The van der Waals surface area contributed by atoms with Crippen molar-refractivity contribution in [2.45, 2.75) is 51.0 Å². The first kappa shape index (κ1) is 18.0. The Morgan fingerprint density at radius 1 is 1.16 bits per heavy atom. The van der Waals surface area contributed by atoms with E-state index >= 15 is 0 Å². The van der Waals surface area contributed by atoms with E-state index < -0.39 is 0 Å². The van der Waals surface area contributed by atoms with Crippen molar-refractivity contribution in [1.29, 1.82) is 0 Å². The van der Waals surface area contributed by atoms with Gasteiger partial charge in [-0.25, -0.2) is 9.18 Å². The Bertz CT molecular complexity index is 582. The monoisotopic (exact) mass is 349 g/mol. The Labute approximate surface area is 148 Å². The van der Waals surface area contributed by atoms with Crippen LogP contribution in [-0.2, 0) is 0 Å². The quantitative estimate of drug-likeness (QED) is 0.780. The molecule has 0 radical (unpaired) electrons. The maximum atomic E-state index is 13.7. The molecule has 0 bridgehead atoms. The molecule has 2 aliphatic rings. The lowest BCUT2D eigenvalue weighted by molar-refractivity contribution is 0.176. The zero-order valence-electron chi connectivity index (χ0n) is 14.6. The summed E-state index contributed by atoms with van der Waals surface area (Å²) in [4.78, 5) is 14.6. The summed E-state index contributed by atoms with van der Waals surface area (Å²) in [5.41, 5.74) is 1.42. The van der Waals surface area contributed by atoms with Crippen molar-refractivity contribution < 1.29 is 14.3 Å². The summed E-state index contributed by atoms with van der Waals surface area (Å²) in [6.45, 7) is 2.10. The predicted molar refractivity (Wildman–Crippen MR) is 97.5 cm³/mol. The van der Waals surface area contributed by atoms with Crippen LogP contribution in [0, 0.1) is 11.7 Å². The third-order valence-electron chi connectivity index (χ3n) is 5.34. The number of halogens is 1. The van der Waals surface area contributed by atoms with Crippen molar-refractivity contribution in [2.24, 2.45) is 5.92 Å². The van der Waals surface area contributed by atoms with Crippen LogP contribution >= 0.6 is 0 Å². The second-order valence-corrected chi connectivity index (χ2v) is 7.21. The van der Waals surface area contributed by atoms with Crippen LogP contribution in [0.25, 0.3) is 0 Å². The Hall–Kier alpha value is -1.82. The zero-order valence-corrected chi connectivity index (χ0v) is 14.6. The van der Waals surface area contributed by atoms with Crippen molar-refractivity contribution in [3.63, 3.8) is 0 Å². The first-order chi connectivity index (χ1) is 12.2. The number of carbonyl (C=O) groups excluding carboxylic acids is 1. The van der Waals surface area contributed by atoms with Crippen LogP contribution in [0.15, 0.2) is 18.2 Å². The lowest BCUT2D eigenvalue weighted by Gasteiger charge is -2.31. The molecule has 1 aliphatic carbocycles. The highest BCUT2D eigenvalue weighted by Gasteiger charge is 2.22. The van der Waals surface area contributed by atoms with Crippen LogP contribution in [-0.4, -0.2) is 36.9 Å². The largest absolute Gasteiger partial charge is 0.396 e. The van der Waals surface area contributed by atoms with Gasteiger partial charge in [0.2, 0.25) is 0 Å². The molecule has 1 heterocycles. The summed E-state index contributed by atoms with van der Waals surface area (Å²) >= 11 is 0. The first-order valence-corrected chi connectivity index (χ1v) is 9.38. The molecular formula is C19H28FN3O2. The van der Waals surface area contributed by atoms with Gasteiger partial charge in [-0.15, -0.1) is 0 Å². The number of carbonyl (C=O) groups is 1. The highest BCUT2D eigenvalue weighted by atomic mass is 19.1. The fraction of sp³-hybridized carbons (Fsp3) is 0.632. The van der Waals surface area contributed by atoms with Gasteiger partial charge in [0.1, 0.15) is 5.82 Å². The number of urea groups is 1. The molecule has 3 rings (SSSR count). The number of nitrogens with one attached hydrogen (secondary N) is 2. The number of aliphatic hydroxyl groups excluding tert-OH is 1. The summed E-state index contributed by atoms with van der Waals surface area (Å²) in [6.07, 6.45) is 7.08. The average Bonchev–Trinajstić information content (AvgIpc) is 2.63. The van der Waals surface area contributed by atoms with E-state index in [1.807, 2.05) is 0 Å². The van der Waals surface area contributed by atoms with Gasteiger partial charge >= 0.3 is 6.03 Å². The number of rotatable bonds is 4. The highest BCUT2D eigenvalue weighted by Crippen LogP contribution is 2.29. The minimum atomic E-state index is -0.348. The molecule has 2 fully saturated rings. The van der Waals surface area contributed by atoms with E-state index in [-0.39, 0.29) is 24.5 Å². The average molecular weight is 349 g/mol. The third kappa shape index (κ3) is 4.84. The van der Waals surface area contributed by atoms with Crippen LogP contribution in [0.4, 0.5) is 20.6 Å². The summed E-state index contributed by atoms with van der Waals surface area (Å²) in [5.74, 6) is 0.00884.